The van der Waals surface area contributed by atoms with Crippen molar-refractivity contribution in [1.82, 2.24) is 23.4 Å². The van der Waals surface area contributed by atoms with E-state index in [4.69, 9.17) is 16.2 Å². The van der Waals surface area contributed by atoms with Crippen LogP contribution in [-0.4, -0.2) is 49.5 Å². The molecule has 1 aliphatic heterocycles. The number of nitrogens with two attached hydrogens (primary N) is 2. The molecular formula is C23H25N7O5S. The first-order chi connectivity index (χ1) is 17.2. The highest BCUT2D eigenvalue weighted by atomic mass is 32.2. The van der Waals surface area contributed by atoms with Gasteiger partial charge in [0.15, 0.2) is 11.5 Å². The van der Waals surface area contributed by atoms with Crippen LogP contribution in [0.3, 0.4) is 0 Å². The summed E-state index contributed by atoms with van der Waals surface area (Å²) in [6, 6.07) is 15.5. The van der Waals surface area contributed by atoms with E-state index in [1.54, 1.807) is 24.3 Å². The van der Waals surface area contributed by atoms with Gasteiger partial charge in [0.1, 0.15) is 17.0 Å². The number of benzene rings is 2. The fourth-order valence-corrected chi connectivity index (χ4v) is 4.84. The molecule has 2 aromatic heterocycles. The monoisotopic (exact) mass is 511 g/mol. The van der Waals surface area contributed by atoms with Gasteiger partial charge in [-0.3, -0.25) is 13.7 Å². The highest BCUT2D eigenvalue weighted by molar-refractivity contribution is 7.83. The normalized spacial score (nSPS) is 16.0. The molecule has 5 N–H and O–H groups in total. The molecule has 1 saturated heterocycles. The number of aromatic nitrogens is 4. The predicted molar refractivity (Wildman–Crippen MR) is 136 cm³/mol. The number of ether oxygens (including phenoxy) is 1. The molecule has 1 atom stereocenters. The fourth-order valence-electron chi connectivity index (χ4n) is 4.14. The van der Waals surface area contributed by atoms with Gasteiger partial charge in [-0.2, -0.15) is 22.7 Å². The van der Waals surface area contributed by atoms with E-state index in [1.165, 1.54) is 9.13 Å². The maximum atomic E-state index is 13.6. The molecule has 0 amide bonds. The zero-order valence-electron chi connectivity index (χ0n) is 19.2. The van der Waals surface area contributed by atoms with Gasteiger partial charge in [0.05, 0.1) is 11.7 Å². The zero-order chi connectivity index (χ0) is 26.0. The van der Waals surface area contributed by atoms with Crippen LogP contribution in [0.15, 0.2) is 72.5 Å². The molecule has 0 saturated carbocycles. The Hall–Kier alpha value is -4.20. The lowest BCUT2D eigenvalue weighted by Crippen LogP contribution is -2.31. The number of hydrogen-bond acceptors (Lipinski definition) is 8. The van der Waals surface area contributed by atoms with Crippen molar-refractivity contribution in [1.29, 1.82) is 0 Å². The van der Waals surface area contributed by atoms with E-state index in [-0.39, 0.29) is 36.0 Å². The van der Waals surface area contributed by atoms with Crippen LogP contribution < -0.4 is 21.9 Å². The van der Waals surface area contributed by atoms with E-state index < -0.39 is 22.0 Å². The van der Waals surface area contributed by atoms with Crippen molar-refractivity contribution in [3.8, 4) is 17.2 Å². The van der Waals surface area contributed by atoms with Gasteiger partial charge in [0.25, 0.3) is 0 Å². The minimum atomic E-state index is -4.39. The van der Waals surface area contributed by atoms with Crippen molar-refractivity contribution in [2.45, 2.75) is 12.5 Å². The van der Waals surface area contributed by atoms with E-state index in [0.717, 1.165) is 4.31 Å². The average Bonchev–Trinajstić information content (AvgIpc) is 3.44. The summed E-state index contributed by atoms with van der Waals surface area (Å²) in [5.74, 6) is 1.13. The molecule has 5 rings (SSSR count). The number of hydrogen-bond donors (Lipinski definition) is 3. The van der Waals surface area contributed by atoms with Crippen molar-refractivity contribution < 1.29 is 17.7 Å². The zero-order valence-corrected chi connectivity index (χ0v) is 20.0. The molecular weight excluding hydrogens is 486 g/mol. The van der Waals surface area contributed by atoms with Crippen molar-refractivity contribution in [3.63, 3.8) is 0 Å². The van der Waals surface area contributed by atoms with Crippen LogP contribution in [0.4, 0.5) is 11.8 Å². The second-order valence-corrected chi connectivity index (χ2v) is 9.23. The number of imidazole rings is 1. The van der Waals surface area contributed by atoms with E-state index in [2.05, 4.69) is 23.1 Å². The molecule has 1 aliphatic rings. The number of rotatable bonds is 5. The summed E-state index contributed by atoms with van der Waals surface area (Å²) in [7, 11) is -4.39. The number of nitrogen functional groups attached to an aromatic ring is 2. The Morgan fingerprint density at radius 2 is 1.64 bits per heavy atom. The van der Waals surface area contributed by atoms with Crippen LogP contribution in [0.1, 0.15) is 12.5 Å². The van der Waals surface area contributed by atoms with Crippen LogP contribution in [0.5, 0.6) is 11.5 Å². The van der Waals surface area contributed by atoms with Crippen LogP contribution in [0.25, 0.3) is 16.9 Å². The molecule has 1 fully saturated rings. The Morgan fingerprint density at radius 3 is 2.25 bits per heavy atom. The first kappa shape index (κ1) is 24.9. The van der Waals surface area contributed by atoms with Gasteiger partial charge in [0.2, 0.25) is 5.95 Å². The number of para-hydroxylation sites is 1. The first-order valence-corrected chi connectivity index (χ1v) is 12.2. The quantitative estimate of drug-likeness (QED) is 0.269. The summed E-state index contributed by atoms with van der Waals surface area (Å²) in [5, 5.41) is 0. The summed E-state index contributed by atoms with van der Waals surface area (Å²) >= 11 is 0. The molecule has 2 aromatic carbocycles. The molecule has 0 aliphatic carbocycles. The predicted octanol–water partition coefficient (Wildman–Crippen LogP) is 2.39. The van der Waals surface area contributed by atoms with E-state index in [1.807, 2.05) is 30.3 Å². The summed E-state index contributed by atoms with van der Waals surface area (Å²) < 4.78 is 41.9. The van der Waals surface area contributed by atoms with Crippen molar-refractivity contribution >= 4 is 33.2 Å². The van der Waals surface area contributed by atoms with Gasteiger partial charge < -0.3 is 16.2 Å². The summed E-state index contributed by atoms with van der Waals surface area (Å²) in [5.41, 5.74) is 12.4. The molecule has 3 heterocycles. The first-order valence-electron chi connectivity index (χ1n) is 10.8. The van der Waals surface area contributed by atoms with Crippen molar-refractivity contribution in [2.75, 3.05) is 24.6 Å². The maximum Gasteiger partial charge on any atom is 0.335 e. The lowest BCUT2D eigenvalue weighted by Gasteiger charge is -2.13. The van der Waals surface area contributed by atoms with Crippen molar-refractivity contribution in [3.05, 3.63) is 78.2 Å². The third kappa shape index (κ3) is 4.66. The smallest absolute Gasteiger partial charge is 0.335 e. The molecule has 188 valence electrons. The van der Waals surface area contributed by atoms with E-state index in [0.29, 0.717) is 23.6 Å². The Labute approximate surface area is 206 Å². The number of anilines is 2. The maximum absolute atomic E-state index is 13.6. The minimum Gasteiger partial charge on any atom is -0.457 e. The number of nitrogens with zero attached hydrogens (tertiary/aromatic N) is 5. The Kier molecular flexibility index (Phi) is 6.79. The van der Waals surface area contributed by atoms with Gasteiger partial charge in [0, 0.05) is 13.1 Å². The van der Waals surface area contributed by atoms with Crippen LogP contribution in [0, 0.1) is 0 Å². The topological polar surface area (TPSA) is 172 Å². The van der Waals surface area contributed by atoms with Crippen molar-refractivity contribution in [2.24, 2.45) is 0 Å². The second-order valence-electron chi connectivity index (χ2n) is 7.81. The number of fused-ring (bicyclic) bond motifs is 1. The van der Waals surface area contributed by atoms with E-state index >= 15 is 0 Å². The molecule has 0 bridgehead atoms. The average molecular weight is 512 g/mol. The Bertz CT molecular complexity index is 1550. The third-order valence-electron chi connectivity index (χ3n) is 5.65. The van der Waals surface area contributed by atoms with Gasteiger partial charge in [-0.25, -0.2) is 4.79 Å². The SMILES string of the molecule is C=C.Nc1nc(N)c2c(n1)n(C1CCN(S(=O)(=O)O)C1)c(=O)n2-c1ccc(Oc2ccccc2)cc1. The molecule has 36 heavy (non-hydrogen) atoms. The summed E-state index contributed by atoms with van der Waals surface area (Å²) in [6.45, 7) is 5.97. The third-order valence-corrected chi connectivity index (χ3v) is 6.63. The molecule has 12 nitrogen and oxygen atoms in total. The van der Waals surface area contributed by atoms with Gasteiger partial charge in [-0.15, -0.1) is 13.2 Å². The highest BCUT2D eigenvalue weighted by Gasteiger charge is 2.34. The standard InChI is InChI=1S/C21H21N7O5S.C2H4/c22-18-17-19(25-20(23)24-18)28(14-10-11-26(12-14)34(30,31)32)21(29)27(17)13-6-8-16(9-7-13)33-15-4-2-1-3-5-15;1-2/h1-9,14H,10-12H2,(H,30,31,32)(H4,22,23,24,25);1-2H2. The minimum absolute atomic E-state index is 0.00703. The second kappa shape index (κ2) is 9.81. The van der Waals surface area contributed by atoms with Crippen LogP contribution >= 0.6 is 0 Å². The summed E-state index contributed by atoms with van der Waals surface area (Å²) in [4.78, 5) is 21.8. The fraction of sp³-hybridized carbons (Fsp3) is 0.174. The molecule has 0 spiro atoms. The van der Waals surface area contributed by atoms with Crippen LogP contribution in [0.2, 0.25) is 0 Å². The summed E-state index contributed by atoms with van der Waals surface area (Å²) in [6.07, 6.45) is 0.298. The Balaban J connectivity index is 0.00000148. The molecule has 4 aromatic rings. The highest BCUT2D eigenvalue weighted by Crippen LogP contribution is 2.30. The largest absolute Gasteiger partial charge is 0.457 e. The lowest BCUT2D eigenvalue weighted by molar-refractivity contribution is 0.380. The molecule has 13 heteroatoms. The lowest BCUT2D eigenvalue weighted by atomic mass is 10.2. The van der Waals surface area contributed by atoms with Gasteiger partial charge >= 0.3 is 16.0 Å². The molecule has 1 unspecified atom stereocenters. The van der Waals surface area contributed by atoms with Gasteiger partial charge in [-0.05, 0) is 42.8 Å². The van der Waals surface area contributed by atoms with E-state index in [9.17, 15) is 17.8 Å². The van der Waals surface area contributed by atoms with Crippen LogP contribution in [-0.2, 0) is 10.3 Å². The van der Waals surface area contributed by atoms with Gasteiger partial charge in [-0.1, -0.05) is 18.2 Å². The molecule has 0 radical (unpaired) electrons. The Morgan fingerprint density at radius 1 is 1.00 bits per heavy atom.